The van der Waals surface area contributed by atoms with Crippen LogP contribution < -0.4 is 5.73 Å². The highest BCUT2D eigenvalue weighted by Gasteiger charge is 2.18. The van der Waals surface area contributed by atoms with Crippen molar-refractivity contribution < 1.29 is 13.2 Å². The van der Waals surface area contributed by atoms with E-state index in [1.54, 1.807) is 6.92 Å². The topological polar surface area (TPSA) is 52.0 Å². The molecule has 1 atom stereocenters. The highest BCUT2D eigenvalue weighted by Crippen LogP contribution is 2.23. The molecule has 13 heavy (non-hydrogen) atoms. The second-order valence-electron chi connectivity index (χ2n) is 3.04. The average molecular weight is 190 g/mol. The first kappa shape index (κ1) is 10.1. The third-order valence-corrected chi connectivity index (χ3v) is 1.57. The van der Waals surface area contributed by atoms with Gasteiger partial charge in [-0.2, -0.15) is 0 Å². The van der Waals surface area contributed by atoms with E-state index in [-0.39, 0.29) is 23.4 Å². The van der Waals surface area contributed by atoms with E-state index < -0.39 is 6.43 Å². The Morgan fingerprint density at radius 1 is 1.54 bits per heavy atom. The summed E-state index contributed by atoms with van der Waals surface area (Å²) in [5.74, 6) is -0.0709. The van der Waals surface area contributed by atoms with E-state index in [1.807, 2.05) is 0 Å². The van der Waals surface area contributed by atoms with Crippen molar-refractivity contribution in [2.75, 3.05) is 0 Å². The molecule has 0 aromatic carbocycles. The summed E-state index contributed by atoms with van der Waals surface area (Å²) in [5, 5.41) is 0. The van der Waals surface area contributed by atoms with Crippen molar-refractivity contribution in [2.24, 2.45) is 5.73 Å². The predicted molar refractivity (Wildman–Crippen MR) is 43.6 cm³/mol. The second kappa shape index (κ2) is 3.83. The van der Waals surface area contributed by atoms with Gasteiger partial charge in [-0.1, -0.05) is 0 Å². The van der Waals surface area contributed by atoms with Crippen molar-refractivity contribution in [2.45, 2.75) is 32.7 Å². The number of halogens is 2. The van der Waals surface area contributed by atoms with Crippen LogP contribution in [-0.4, -0.2) is 11.0 Å². The summed E-state index contributed by atoms with van der Waals surface area (Å²) < 4.78 is 29.3. The SMILES string of the molecule is Cc1nc(CC(C)N)oc1C(F)F. The lowest BCUT2D eigenvalue weighted by Gasteiger charge is -1.98. The molecule has 0 bridgehead atoms. The highest BCUT2D eigenvalue weighted by atomic mass is 19.3. The number of hydrogen-bond acceptors (Lipinski definition) is 3. The number of rotatable bonds is 3. The van der Waals surface area contributed by atoms with Crippen LogP contribution in [0.15, 0.2) is 4.42 Å². The van der Waals surface area contributed by atoms with Gasteiger partial charge in [0.05, 0.1) is 5.69 Å². The van der Waals surface area contributed by atoms with Gasteiger partial charge in [0, 0.05) is 12.5 Å². The summed E-state index contributed by atoms with van der Waals surface area (Å²) >= 11 is 0. The molecule has 0 amide bonds. The molecule has 1 unspecified atom stereocenters. The van der Waals surface area contributed by atoms with E-state index in [4.69, 9.17) is 10.2 Å². The first-order valence-corrected chi connectivity index (χ1v) is 4.00. The Hall–Kier alpha value is -0.970. The molecule has 0 saturated heterocycles. The van der Waals surface area contributed by atoms with Gasteiger partial charge in [0.1, 0.15) is 0 Å². The predicted octanol–water partition coefficient (Wildman–Crippen LogP) is 1.81. The van der Waals surface area contributed by atoms with Crippen LogP contribution in [0.3, 0.4) is 0 Å². The fourth-order valence-corrected chi connectivity index (χ4v) is 1.03. The maximum Gasteiger partial charge on any atom is 0.297 e. The molecule has 0 aliphatic heterocycles. The van der Waals surface area contributed by atoms with Crippen molar-refractivity contribution in [3.8, 4) is 0 Å². The van der Waals surface area contributed by atoms with Gasteiger partial charge in [-0.15, -0.1) is 0 Å². The number of aryl methyl sites for hydroxylation is 1. The molecule has 0 spiro atoms. The van der Waals surface area contributed by atoms with Crippen molar-refractivity contribution in [3.05, 3.63) is 17.3 Å². The minimum Gasteiger partial charge on any atom is -0.439 e. The molecule has 0 saturated carbocycles. The van der Waals surface area contributed by atoms with Crippen LogP contribution in [0.4, 0.5) is 8.78 Å². The first-order valence-electron chi connectivity index (χ1n) is 4.00. The Kier molecular flexibility index (Phi) is 2.98. The normalized spacial score (nSPS) is 13.7. The molecular formula is C8H12F2N2O. The summed E-state index contributed by atoms with van der Waals surface area (Å²) in [4.78, 5) is 3.85. The summed E-state index contributed by atoms with van der Waals surface area (Å²) in [7, 11) is 0. The van der Waals surface area contributed by atoms with Crippen LogP contribution in [0, 0.1) is 6.92 Å². The van der Waals surface area contributed by atoms with Gasteiger partial charge in [-0.25, -0.2) is 13.8 Å². The molecule has 0 aliphatic carbocycles. The highest BCUT2D eigenvalue weighted by molar-refractivity contribution is 5.09. The van der Waals surface area contributed by atoms with Crippen LogP contribution in [0.5, 0.6) is 0 Å². The summed E-state index contributed by atoms with van der Waals surface area (Å²) in [6.07, 6.45) is -2.22. The average Bonchev–Trinajstić information content (AvgIpc) is 2.29. The van der Waals surface area contributed by atoms with E-state index in [1.165, 1.54) is 6.92 Å². The van der Waals surface area contributed by atoms with Crippen LogP contribution >= 0.6 is 0 Å². The van der Waals surface area contributed by atoms with Crippen molar-refractivity contribution >= 4 is 0 Å². The third kappa shape index (κ3) is 2.48. The number of nitrogens with zero attached hydrogens (tertiary/aromatic N) is 1. The molecule has 0 radical (unpaired) electrons. The van der Waals surface area contributed by atoms with Gasteiger partial charge in [-0.05, 0) is 13.8 Å². The van der Waals surface area contributed by atoms with Crippen molar-refractivity contribution in [1.82, 2.24) is 4.98 Å². The first-order chi connectivity index (χ1) is 6.00. The Bertz CT molecular complexity index is 284. The maximum atomic E-state index is 12.2. The van der Waals surface area contributed by atoms with Gasteiger partial charge >= 0.3 is 0 Å². The molecule has 1 aromatic rings. The second-order valence-corrected chi connectivity index (χ2v) is 3.04. The van der Waals surface area contributed by atoms with Crippen LogP contribution in [0.2, 0.25) is 0 Å². The largest absolute Gasteiger partial charge is 0.439 e. The zero-order valence-corrected chi connectivity index (χ0v) is 7.55. The van der Waals surface area contributed by atoms with Gasteiger partial charge in [0.2, 0.25) is 0 Å². The lowest BCUT2D eigenvalue weighted by molar-refractivity contribution is 0.119. The lowest BCUT2D eigenvalue weighted by atomic mass is 10.2. The van der Waals surface area contributed by atoms with Crippen molar-refractivity contribution in [1.29, 1.82) is 0 Å². The van der Waals surface area contributed by atoms with Gasteiger partial charge < -0.3 is 10.2 Å². The van der Waals surface area contributed by atoms with Gasteiger partial charge in [0.15, 0.2) is 11.7 Å². The molecule has 3 nitrogen and oxygen atoms in total. The fraction of sp³-hybridized carbons (Fsp3) is 0.625. The smallest absolute Gasteiger partial charge is 0.297 e. The number of aromatic nitrogens is 1. The molecule has 2 N–H and O–H groups in total. The lowest BCUT2D eigenvalue weighted by Crippen LogP contribution is -2.17. The molecule has 1 rings (SSSR count). The van der Waals surface area contributed by atoms with E-state index in [0.29, 0.717) is 6.42 Å². The number of hydrogen-bond donors (Lipinski definition) is 1. The number of oxazole rings is 1. The number of nitrogens with two attached hydrogens (primary N) is 1. The Morgan fingerprint density at radius 3 is 2.54 bits per heavy atom. The van der Waals surface area contributed by atoms with Crippen LogP contribution in [0.25, 0.3) is 0 Å². The summed E-state index contributed by atoms with van der Waals surface area (Å²) in [5.41, 5.74) is 5.71. The zero-order chi connectivity index (χ0) is 10.0. The standard InChI is InChI=1S/C8H12F2N2O/c1-4(11)3-6-12-5(2)7(13-6)8(9)10/h4,8H,3,11H2,1-2H3. The monoisotopic (exact) mass is 190 g/mol. The zero-order valence-electron chi connectivity index (χ0n) is 7.55. The molecule has 5 heteroatoms. The van der Waals surface area contributed by atoms with Crippen LogP contribution in [-0.2, 0) is 6.42 Å². The minimum atomic E-state index is -2.60. The summed E-state index contributed by atoms with van der Waals surface area (Å²) in [6, 6.07) is -0.136. The quantitative estimate of drug-likeness (QED) is 0.790. The number of alkyl halides is 2. The molecule has 1 aromatic heterocycles. The summed E-state index contributed by atoms with van der Waals surface area (Å²) in [6.45, 7) is 3.26. The van der Waals surface area contributed by atoms with Crippen molar-refractivity contribution in [3.63, 3.8) is 0 Å². The van der Waals surface area contributed by atoms with E-state index in [2.05, 4.69) is 4.98 Å². The molecule has 0 fully saturated rings. The van der Waals surface area contributed by atoms with Gasteiger partial charge in [-0.3, -0.25) is 0 Å². The Balaban J connectivity index is 2.82. The fourth-order valence-electron chi connectivity index (χ4n) is 1.03. The molecular weight excluding hydrogens is 178 g/mol. The molecule has 1 heterocycles. The molecule has 74 valence electrons. The molecule has 0 aliphatic rings. The van der Waals surface area contributed by atoms with E-state index >= 15 is 0 Å². The third-order valence-electron chi connectivity index (χ3n) is 1.57. The Morgan fingerprint density at radius 2 is 2.15 bits per heavy atom. The van der Waals surface area contributed by atoms with Gasteiger partial charge in [0.25, 0.3) is 6.43 Å². The van der Waals surface area contributed by atoms with E-state index in [9.17, 15) is 8.78 Å². The maximum absolute atomic E-state index is 12.2. The Labute approximate surface area is 74.9 Å². The van der Waals surface area contributed by atoms with E-state index in [0.717, 1.165) is 0 Å². The minimum absolute atomic E-state index is 0.136. The van der Waals surface area contributed by atoms with Crippen LogP contribution in [0.1, 0.15) is 30.7 Å².